The topological polar surface area (TPSA) is 76.1 Å². The molecule has 0 aliphatic rings. The number of nitrogens with zero attached hydrogens (tertiary/aromatic N) is 2. The van der Waals surface area contributed by atoms with Crippen LogP contribution in [0.4, 0.5) is 14.6 Å². The average Bonchev–Trinajstić information content (AvgIpc) is 2.39. The molecule has 1 amide bonds. The molecule has 1 heterocycles. The van der Waals surface area contributed by atoms with Gasteiger partial charge in [0, 0.05) is 13.1 Å². The van der Waals surface area contributed by atoms with E-state index < -0.39 is 18.9 Å². The number of ether oxygens (including phenoxy) is 1. The summed E-state index contributed by atoms with van der Waals surface area (Å²) in [4.78, 5) is 11.6. The van der Waals surface area contributed by atoms with E-state index in [4.69, 9.17) is 0 Å². The third-order valence-electron chi connectivity index (χ3n) is 2.03. The summed E-state index contributed by atoms with van der Waals surface area (Å²) in [6, 6.07) is 3.17. The van der Waals surface area contributed by atoms with Crippen LogP contribution < -0.4 is 10.6 Å². The van der Waals surface area contributed by atoms with Gasteiger partial charge in [-0.3, -0.25) is 4.79 Å². The van der Waals surface area contributed by atoms with Crippen LogP contribution in [-0.4, -0.2) is 48.8 Å². The predicted octanol–water partition coefficient (Wildman–Crippen LogP) is 0.920. The molecule has 0 radical (unpaired) electrons. The molecule has 2 N–H and O–H groups in total. The summed E-state index contributed by atoms with van der Waals surface area (Å²) in [7, 11) is 0. The summed E-state index contributed by atoms with van der Waals surface area (Å²) in [6.07, 6.45) is -2.50. The number of hydrogen-bond acceptors (Lipinski definition) is 5. The largest absolute Gasteiger partial charge is 0.374 e. The smallest absolute Gasteiger partial charge is 0.271 e. The lowest BCUT2D eigenvalue weighted by molar-refractivity contribution is 0.0188. The summed E-state index contributed by atoms with van der Waals surface area (Å²) in [5, 5.41) is 13.0. The number of aromatic nitrogens is 2. The first-order chi connectivity index (χ1) is 9.13. The summed E-state index contributed by atoms with van der Waals surface area (Å²) in [5.74, 6) is 0.163. The Bertz CT molecular complexity index is 387. The number of alkyl halides is 2. The number of carbonyl (C=O) groups is 1. The van der Waals surface area contributed by atoms with Crippen LogP contribution in [0.1, 0.15) is 17.4 Å². The lowest BCUT2D eigenvalue weighted by atomic mass is 10.3. The second-order valence-corrected chi connectivity index (χ2v) is 3.56. The van der Waals surface area contributed by atoms with Crippen LogP contribution in [0.3, 0.4) is 0 Å². The highest BCUT2D eigenvalue weighted by Gasteiger charge is 2.07. The Kier molecular flexibility index (Phi) is 6.65. The molecule has 0 fully saturated rings. The van der Waals surface area contributed by atoms with Crippen LogP contribution >= 0.6 is 0 Å². The molecule has 1 rings (SSSR count). The SMILES string of the molecule is CCNc1ccc(C(=O)NCCOCC(F)F)nn1. The van der Waals surface area contributed by atoms with E-state index in [0.717, 1.165) is 0 Å². The van der Waals surface area contributed by atoms with E-state index in [2.05, 4.69) is 25.6 Å². The minimum Gasteiger partial charge on any atom is -0.374 e. The van der Waals surface area contributed by atoms with Gasteiger partial charge in [-0.15, -0.1) is 10.2 Å². The standard InChI is InChI=1S/C11H16F2N4O2/c1-2-14-10-4-3-8(16-17-10)11(18)15-5-6-19-7-9(12)13/h3-4,9H,2,5-7H2,1H3,(H,14,17)(H,15,18). The molecule has 0 bridgehead atoms. The van der Waals surface area contributed by atoms with Crippen molar-refractivity contribution in [3.63, 3.8) is 0 Å². The quantitative estimate of drug-likeness (QED) is 0.689. The molecular weight excluding hydrogens is 258 g/mol. The maximum atomic E-state index is 11.7. The van der Waals surface area contributed by atoms with Gasteiger partial charge in [0.2, 0.25) is 0 Å². The zero-order chi connectivity index (χ0) is 14.1. The fourth-order valence-electron chi connectivity index (χ4n) is 1.23. The monoisotopic (exact) mass is 274 g/mol. The molecular formula is C11H16F2N4O2. The van der Waals surface area contributed by atoms with Gasteiger partial charge in [-0.2, -0.15) is 0 Å². The summed E-state index contributed by atoms with van der Waals surface area (Å²) in [6.45, 7) is 2.16. The number of hydrogen-bond donors (Lipinski definition) is 2. The molecule has 0 atom stereocenters. The lowest BCUT2D eigenvalue weighted by Crippen LogP contribution is -2.28. The highest BCUT2D eigenvalue weighted by atomic mass is 19.3. The van der Waals surface area contributed by atoms with Gasteiger partial charge in [0.15, 0.2) is 5.69 Å². The molecule has 0 aromatic carbocycles. The average molecular weight is 274 g/mol. The molecule has 1 aromatic heterocycles. The Hall–Kier alpha value is -1.83. The Balaban J connectivity index is 2.29. The molecule has 0 aliphatic carbocycles. The Morgan fingerprint density at radius 1 is 1.42 bits per heavy atom. The van der Waals surface area contributed by atoms with E-state index in [-0.39, 0.29) is 18.8 Å². The number of amides is 1. The molecule has 0 aliphatic heterocycles. The Labute approximate surface area is 109 Å². The van der Waals surface area contributed by atoms with Crippen LogP contribution in [-0.2, 0) is 4.74 Å². The van der Waals surface area contributed by atoms with Gasteiger partial charge in [-0.05, 0) is 19.1 Å². The fraction of sp³-hybridized carbons (Fsp3) is 0.545. The van der Waals surface area contributed by atoms with Gasteiger partial charge in [0.25, 0.3) is 12.3 Å². The minimum absolute atomic E-state index is 0.0268. The number of nitrogens with one attached hydrogen (secondary N) is 2. The first-order valence-electron chi connectivity index (χ1n) is 5.85. The molecule has 0 unspecified atom stereocenters. The van der Waals surface area contributed by atoms with Crippen molar-refractivity contribution in [3.8, 4) is 0 Å². The predicted molar refractivity (Wildman–Crippen MR) is 65.4 cm³/mol. The van der Waals surface area contributed by atoms with E-state index >= 15 is 0 Å². The third-order valence-corrected chi connectivity index (χ3v) is 2.03. The van der Waals surface area contributed by atoms with E-state index in [1.54, 1.807) is 6.07 Å². The van der Waals surface area contributed by atoms with Crippen LogP contribution in [0, 0.1) is 0 Å². The molecule has 19 heavy (non-hydrogen) atoms. The summed E-state index contributed by atoms with van der Waals surface area (Å²) in [5.41, 5.74) is 0.163. The van der Waals surface area contributed by atoms with Crippen molar-refractivity contribution in [3.05, 3.63) is 17.8 Å². The van der Waals surface area contributed by atoms with Gasteiger partial charge in [-0.1, -0.05) is 0 Å². The molecule has 0 saturated carbocycles. The van der Waals surface area contributed by atoms with Crippen molar-refractivity contribution in [1.29, 1.82) is 0 Å². The second-order valence-electron chi connectivity index (χ2n) is 3.56. The normalized spacial score (nSPS) is 10.5. The highest BCUT2D eigenvalue weighted by molar-refractivity contribution is 5.92. The molecule has 1 aromatic rings. The van der Waals surface area contributed by atoms with Crippen molar-refractivity contribution >= 4 is 11.7 Å². The minimum atomic E-state index is -2.50. The third kappa shape index (κ3) is 6.05. The van der Waals surface area contributed by atoms with Crippen LogP contribution in [0.2, 0.25) is 0 Å². The Morgan fingerprint density at radius 3 is 2.79 bits per heavy atom. The van der Waals surface area contributed by atoms with Gasteiger partial charge in [-0.25, -0.2) is 8.78 Å². The van der Waals surface area contributed by atoms with E-state index in [1.807, 2.05) is 6.92 Å². The van der Waals surface area contributed by atoms with E-state index in [9.17, 15) is 13.6 Å². The number of anilines is 1. The van der Waals surface area contributed by atoms with Crippen LogP contribution in [0.15, 0.2) is 12.1 Å². The van der Waals surface area contributed by atoms with E-state index in [1.165, 1.54) is 6.07 Å². The highest BCUT2D eigenvalue weighted by Crippen LogP contribution is 2.01. The van der Waals surface area contributed by atoms with Gasteiger partial charge in [0.1, 0.15) is 12.4 Å². The summed E-state index contributed by atoms with van der Waals surface area (Å²) < 4.78 is 28.1. The number of carbonyl (C=O) groups excluding carboxylic acids is 1. The van der Waals surface area contributed by atoms with Gasteiger partial charge in [0.05, 0.1) is 6.61 Å². The van der Waals surface area contributed by atoms with Crippen LogP contribution in [0.5, 0.6) is 0 Å². The molecule has 106 valence electrons. The zero-order valence-corrected chi connectivity index (χ0v) is 10.5. The van der Waals surface area contributed by atoms with Crippen molar-refractivity contribution in [2.45, 2.75) is 13.3 Å². The van der Waals surface area contributed by atoms with Gasteiger partial charge < -0.3 is 15.4 Å². The van der Waals surface area contributed by atoms with Crippen molar-refractivity contribution in [1.82, 2.24) is 15.5 Å². The second kappa shape index (κ2) is 8.30. The summed E-state index contributed by atoms with van der Waals surface area (Å²) >= 11 is 0. The van der Waals surface area contributed by atoms with Crippen molar-refractivity contribution in [2.24, 2.45) is 0 Å². The number of halogens is 2. The van der Waals surface area contributed by atoms with Crippen molar-refractivity contribution < 1.29 is 18.3 Å². The number of rotatable bonds is 8. The fourth-order valence-corrected chi connectivity index (χ4v) is 1.23. The molecule has 6 nitrogen and oxygen atoms in total. The maximum Gasteiger partial charge on any atom is 0.271 e. The van der Waals surface area contributed by atoms with Crippen molar-refractivity contribution in [2.75, 3.05) is 31.6 Å². The van der Waals surface area contributed by atoms with E-state index in [0.29, 0.717) is 12.4 Å². The molecule has 8 heteroatoms. The Morgan fingerprint density at radius 2 is 2.21 bits per heavy atom. The van der Waals surface area contributed by atoms with Crippen LogP contribution in [0.25, 0.3) is 0 Å². The molecule has 0 spiro atoms. The lowest BCUT2D eigenvalue weighted by Gasteiger charge is -2.06. The van der Waals surface area contributed by atoms with Gasteiger partial charge >= 0.3 is 0 Å². The zero-order valence-electron chi connectivity index (χ0n) is 10.5. The molecule has 0 saturated heterocycles. The maximum absolute atomic E-state index is 11.7. The first-order valence-corrected chi connectivity index (χ1v) is 5.85. The first kappa shape index (κ1) is 15.2.